The van der Waals surface area contributed by atoms with E-state index in [1.807, 2.05) is 38.1 Å². The molecule has 0 saturated carbocycles. The van der Waals surface area contributed by atoms with Gasteiger partial charge in [0.25, 0.3) is 5.91 Å². The van der Waals surface area contributed by atoms with E-state index in [-0.39, 0.29) is 24.7 Å². The first-order valence-corrected chi connectivity index (χ1v) is 12.7. The van der Waals surface area contributed by atoms with E-state index in [4.69, 9.17) is 21.3 Å². The van der Waals surface area contributed by atoms with Crippen LogP contribution in [0, 0.1) is 6.92 Å². The summed E-state index contributed by atoms with van der Waals surface area (Å²) < 4.78 is 5.64. The van der Waals surface area contributed by atoms with Gasteiger partial charge in [0.1, 0.15) is 11.6 Å². The summed E-state index contributed by atoms with van der Waals surface area (Å²) in [6.07, 6.45) is 4.31. The van der Waals surface area contributed by atoms with Crippen molar-refractivity contribution in [2.24, 2.45) is 0 Å². The second-order valence-electron chi connectivity index (χ2n) is 9.16. The number of hydrogen-bond acceptors (Lipinski definition) is 4. The lowest BCUT2D eigenvalue weighted by Crippen LogP contribution is -2.37. The minimum Gasteiger partial charge on any atom is -0.489 e. The van der Waals surface area contributed by atoms with Gasteiger partial charge in [-0.3, -0.25) is 4.79 Å². The number of carbonyl (C=O) groups excluding carboxylic acids is 1. The number of aromatic amines is 1. The number of ether oxygens (including phenoxy) is 1. The van der Waals surface area contributed by atoms with Crippen LogP contribution in [0.2, 0.25) is 5.02 Å². The molecule has 1 amide bonds. The van der Waals surface area contributed by atoms with E-state index in [0.29, 0.717) is 29.2 Å². The number of nitrogens with one attached hydrogen (secondary N) is 2. The molecular formula is C28H36ClN3O3. The highest BCUT2D eigenvalue weighted by molar-refractivity contribution is 6.32. The van der Waals surface area contributed by atoms with Crippen molar-refractivity contribution in [2.45, 2.75) is 71.9 Å². The smallest absolute Gasteiger partial charge is 0.251 e. The Balaban J connectivity index is 1.66. The SMILES string of the molecule is CCCCc1nc(-c2ccc(CC(CCO)NC(=O)c3ccc(OC(C)C)c(Cl)c3)cc2)[nH]c1C. The van der Waals surface area contributed by atoms with Gasteiger partial charge in [0.15, 0.2) is 0 Å². The Morgan fingerprint density at radius 2 is 1.94 bits per heavy atom. The Labute approximate surface area is 213 Å². The summed E-state index contributed by atoms with van der Waals surface area (Å²) in [6.45, 7) is 8.07. The Bertz CT molecular complexity index is 1110. The molecule has 2 aromatic carbocycles. The second kappa shape index (κ2) is 12.8. The third-order valence-corrected chi connectivity index (χ3v) is 6.13. The zero-order valence-corrected chi connectivity index (χ0v) is 21.8. The van der Waals surface area contributed by atoms with Gasteiger partial charge in [0, 0.05) is 29.5 Å². The number of nitrogens with zero attached hydrogens (tertiary/aromatic N) is 1. The monoisotopic (exact) mass is 497 g/mol. The number of aliphatic hydroxyl groups is 1. The lowest BCUT2D eigenvalue weighted by molar-refractivity contribution is 0.0930. The predicted octanol–water partition coefficient (Wildman–Crippen LogP) is 5.89. The zero-order valence-electron chi connectivity index (χ0n) is 21.0. The molecule has 0 saturated heterocycles. The van der Waals surface area contributed by atoms with Crippen molar-refractivity contribution >= 4 is 17.5 Å². The minimum absolute atomic E-state index is 0.00702. The Morgan fingerprint density at radius 1 is 1.20 bits per heavy atom. The van der Waals surface area contributed by atoms with Crippen LogP contribution in [0.25, 0.3) is 11.4 Å². The first-order chi connectivity index (χ1) is 16.8. The molecule has 0 bridgehead atoms. The number of imidazole rings is 1. The number of unbranched alkanes of at least 4 members (excludes halogenated alkanes) is 1. The van der Waals surface area contributed by atoms with Gasteiger partial charge >= 0.3 is 0 Å². The number of rotatable bonds is 12. The summed E-state index contributed by atoms with van der Waals surface area (Å²) in [6, 6.07) is 13.0. The molecule has 0 aliphatic heterocycles. The maximum Gasteiger partial charge on any atom is 0.251 e. The molecule has 3 N–H and O–H groups in total. The van der Waals surface area contributed by atoms with E-state index < -0.39 is 0 Å². The fourth-order valence-corrected chi connectivity index (χ4v) is 4.17. The maximum absolute atomic E-state index is 12.8. The van der Waals surface area contributed by atoms with Gasteiger partial charge in [-0.1, -0.05) is 49.2 Å². The van der Waals surface area contributed by atoms with Crippen LogP contribution < -0.4 is 10.1 Å². The van der Waals surface area contributed by atoms with Gasteiger partial charge in [-0.2, -0.15) is 0 Å². The third kappa shape index (κ3) is 7.58. The van der Waals surface area contributed by atoms with Crippen LogP contribution in [0.4, 0.5) is 0 Å². The molecule has 0 aliphatic carbocycles. The van der Waals surface area contributed by atoms with Gasteiger partial charge in [0.2, 0.25) is 0 Å². The van der Waals surface area contributed by atoms with Gasteiger partial charge in [-0.15, -0.1) is 0 Å². The Morgan fingerprint density at radius 3 is 2.57 bits per heavy atom. The van der Waals surface area contributed by atoms with Gasteiger partial charge in [-0.25, -0.2) is 4.98 Å². The number of hydrogen-bond donors (Lipinski definition) is 3. The quantitative estimate of drug-likeness (QED) is 0.291. The van der Waals surface area contributed by atoms with Crippen molar-refractivity contribution in [2.75, 3.05) is 6.61 Å². The fraction of sp³-hybridized carbons (Fsp3) is 0.429. The number of halogens is 1. The number of benzene rings is 2. The first kappa shape index (κ1) is 26.8. The fourth-order valence-electron chi connectivity index (χ4n) is 3.95. The number of carbonyl (C=O) groups is 1. The number of aromatic nitrogens is 2. The summed E-state index contributed by atoms with van der Waals surface area (Å²) >= 11 is 6.29. The third-order valence-electron chi connectivity index (χ3n) is 5.83. The normalized spacial score (nSPS) is 12.1. The van der Waals surface area contributed by atoms with Crippen LogP contribution in [0.5, 0.6) is 5.75 Å². The number of H-pyrrole nitrogens is 1. The number of amides is 1. The molecule has 0 aliphatic rings. The molecule has 1 aromatic heterocycles. The van der Waals surface area contributed by atoms with Crippen molar-refractivity contribution in [3.63, 3.8) is 0 Å². The number of aliphatic hydroxyl groups excluding tert-OH is 1. The molecule has 0 radical (unpaired) electrons. The van der Waals surface area contributed by atoms with E-state index in [2.05, 4.69) is 24.1 Å². The molecule has 188 valence electrons. The molecule has 0 fully saturated rings. The lowest BCUT2D eigenvalue weighted by Gasteiger charge is -2.19. The van der Waals surface area contributed by atoms with Crippen molar-refractivity contribution < 1.29 is 14.6 Å². The predicted molar refractivity (Wildman–Crippen MR) is 141 cm³/mol. The van der Waals surface area contributed by atoms with Gasteiger partial charge in [0.05, 0.1) is 16.8 Å². The van der Waals surface area contributed by atoms with Crippen LogP contribution in [-0.4, -0.2) is 39.7 Å². The average Bonchev–Trinajstić information content (AvgIpc) is 3.19. The van der Waals surface area contributed by atoms with Crippen LogP contribution in [0.1, 0.15) is 67.3 Å². The van der Waals surface area contributed by atoms with E-state index >= 15 is 0 Å². The summed E-state index contributed by atoms with van der Waals surface area (Å²) in [7, 11) is 0. The van der Waals surface area contributed by atoms with Crippen molar-refractivity contribution in [3.8, 4) is 17.1 Å². The standard InChI is InChI=1S/C28H36ClN3O3/c1-5-6-7-25-19(4)30-27(32-25)21-10-8-20(9-11-21)16-23(14-15-33)31-28(34)22-12-13-26(24(29)17-22)35-18(2)3/h8-13,17-18,23,33H,5-7,14-16H2,1-4H3,(H,30,32)(H,31,34). The Kier molecular flexibility index (Phi) is 9.75. The highest BCUT2D eigenvalue weighted by Gasteiger charge is 2.16. The molecule has 1 unspecified atom stereocenters. The molecule has 6 nitrogen and oxygen atoms in total. The average molecular weight is 498 g/mol. The van der Waals surface area contributed by atoms with Crippen LogP contribution in [0.15, 0.2) is 42.5 Å². The van der Waals surface area contributed by atoms with E-state index in [0.717, 1.165) is 47.6 Å². The first-order valence-electron chi connectivity index (χ1n) is 12.3. The summed E-state index contributed by atoms with van der Waals surface area (Å²) in [5.74, 6) is 1.19. The molecular weight excluding hydrogens is 462 g/mol. The minimum atomic E-state index is -0.233. The van der Waals surface area contributed by atoms with Crippen LogP contribution in [-0.2, 0) is 12.8 Å². The molecule has 1 atom stereocenters. The molecule has 35 heavy (non-hydrogen) atoms. The largest absolute Gasteiger partial charge is 0.489 e. The second-order valence-corrected chi connectivity index (χ2v) is 9.56. The van der Waals surface area contributed by atoms with E-state index in [1.54, 1.807) is 18.2 Å². The summed E-state index contributed by atoms with van der Waals surface area (Å²) in [5.41, 5.74) is 4.80. The topological polar surface area (TPSA) is 87.2 Å². The van der Waals surface area contributed by atoms with Crippen LogP contribution in [0.3, 0.4) is 0 Å². The van der Waals surface area contributed by atoms with Gasteiger partial charge in [-0.05, 0) is 70.2 Å². The summed E-state index contributed by atoms with van der Waals surface area (Å²) in [4.78, 5) is 21.0. The highest BCUT2D eigenvalue weighted by Crippen LogP contribution is 2.26. The van der Waals surface area contributed by atoms with Crippen LogP contribution >= 0.6 is 11.6 Å². The van der Waals surface area contributed by atoms with E-state index in [9.17, 15) is 9.90 Å². The Hall–Kier alpha value is -2.83. The lowest BCUT2D eigenvalue weighted by atomic mass is 10.0. The molecule has 7 heteroatoms. The molecule has 1 heterocycles. The number of aryl methyl sites for hydroxylation is 2. The van der Waals surface area contributed by atoms with Crippen molar-refractivity contribution in [3.05, 3.63) is 70.0 Å². The zero-order chi connectivity index (χ0) is 25.4. The van der Waals surface area contributed by atoms with E-state index in [1.165, 1.54) is 0 Å². The van der Waals surface area contributed by atoms with Crippen molar-refractivity contribution in [1.82, 2.24) is 15.3 Å². The molecule has 3 rings (SSSR count). The maximum atomic E-state index is 12.8. The summed E-state index contributed by atoms with van der Waals surface area (Å²) in [5, 5.41) is 13.0. The molecule has 0 spiro atoms. The van der Waals surface area contributed by atoms with Crippen molar-refractivity contribution in [1.29, 1.82) is 0 Å². The van der Waals surface area contributed by atoms with Gasteiger partial charge < -0.3 is 20.1 Å². The highest BCUT2D eigenvalue weighted by atomic mass is 35.5. The molecule has 3 aromatic rings.